The lowest BCUT2D eigenvalue weighted by molar-refractivity contribution is -0.385. The van der Waals surface area contributed by atoms with E-state index in [0.29, 0.717) is 0 Å². The summed E-state index contributed by atoms with van der Waals surface area (Å²) in [6, 6.07) is 3.57. The van der Waals surface area contributed by atoms with Crippen LogP contribution < -0.4 is 0 Å². The van der Waals surface area contributed by atoms with Crippen LogP contribution in [0.2, 0.25) is 0 Å². The van der Waals surface area contributed by atoms with Gasteiger partial charge in [0.1, 0.15) is 6.07 Å². The normalized spacial score (nSPS) is 9.33. The molecule has 0 saturated carbocycles. The van der Waals surface area contributed by atoms with E-state index in [-0.39, 0.29) is 29.6 Å². The number of carbonyl (C=O) groups excluding carboxylic acids is 2. The first kappa shape index (κ1) is 13.3. The van der Waals surface area contributed by atoms with Crippen molar-refractivity contribution in [2.75, 3.05) is 6.61 Å². The highest BCUT2D eigenvalue weighted by atomic mass is 16.6. The minimum Gasteiger partial charge on any atom is -0.462 e. The van der Waals surface area contributed by atoms with E-state index in [1.807, 2.05) is 0 Å². The molecule has 0 atom stereocenters. The average molecular weight is 248 g/mol. The minimum atomic E-state index is -0.838. The quantitative estimate of drug-likeness (QED) is 0.345. The van der Waals surface area contributed by atoms with Gasteiger partial charge in [0.25, 0.3) is 5.69 Å². The van der Waals surface area contributed by atoms with Crippen molar-refractivity contribution in [2.45, 2.75) is 6.92 Å². The Morgan fingerprint density at radius 3 is 2.72 bits per heavy atom. The molecule has 7 nitrogen and oxygen atoms in total. The Morgan fingerprint density at radius 1 is 1.61 bits per heavy atom. The van der Waals surface area contributed by atoms with Crippen molar-refractivity contribution in [1.82, 2.24) is 0 Å². The summed E-state index contributed by atoms with van der Waals surface area (Å²) < 4.78 is 4.68. The molecule has 0 aliphatic heterocycles. The molecule has 0 aliphatic rings. The van der Waals surface area contributed by atoms with Crippen LogP contribution in [0.4, 0.5) is 5.69 Å². The highest BCUT2D eigenvalue weighted by Crippen LogP contribution is 2.22. The van der Waals surface area contributed by atoms with Crippen LogP contribution in [-0.4, -0.2) is 23.8 Å². The van der Waals surface area contributed by atoms with Crippen molar-refractivity contribution in [1.29, 1.82) is 5.26 Å². The zero-order chi connectivity index (χ0) is 13.7. The van der Waals surface area contributed by atoms with Gasteiger partial charge in [-0.3, -0.25) is 14.9 Å². The molecule has 0 spiro atoms. The molecule has 0 amide bonds. The van der Waals surface area contributed by atoms with Crippen molar-refractivity contribution in [2.24, 2.45) is 0 Å². The van der Waals surface area contributed by atoms with Gasteiger partial charge in [-0.05, 0) is 13.0 Å². The SMILES string of the molecule is CCOC(=O)c1cc([N+](=O)[O-])c(C=O)cc1C#N. The monoisotopic (exact) mass is 248 g/mol. The van der Waals surface area contributed by atoms with Crippen molar-refractivity contribution in [3.63, 3.8) is 0 Å². The van der Waals surface area contributed by atoms with Crippen molar-refractivity contribution in [3.8, 4) is 6.07 Å². The van der Waals surface area contributed by atoms with Crippen molar-refractivity contribution in [3.05, 3.63) is 38.9 Å². The van der Waals surface area contributed by atoms with Gasteiger partial charge in [-0.2, -0.15) is 5.26 Å². The summed E-state index contributed by atoms with van der Waals surface area (Å²) in [4.78, 5) is 32.1. The van der Waals surface area contributed by atoms with E-state index in [0.717, 1.165) is 12.1 Å². The number of esters is 1. The maximum atomic E-state index is 11.5. The molecule has 1 aromatic rings. The topological polar surface area (TPSA) is 110 Å². The number of nitro benzene ring substituents is 1. The zero-order valence-electron chi connectivity index (χ0n) is 9.37. The van der Waals surface area contributed by atoms with E-state index < -0.39 is 16.6 Å². The standard InChI is InChI=1S/C11H8N2O5/c1-2-18-11(15)9-4-10(13(16)17)8(6-14)3-7(9)5-12/h3-4,6H,2H2,1H3. The molecule has 0 bridgehead atoms. The first-order chi connectivity index (χ1) is 8.54. The van der Waals surface area contributed by atoms with Crippen molar-refractivity contribution >= 4 is 17.9 Å². The number of nitriles is 1. The number of nitrogens with zero attached hydrogens (tertiary/aromatic N) is 2. The Labute approximate surface area is 102 Å². The van der Waals surface area contributed by atoms with Crippen LogP contribution >= 0.6 is 0 Å². The number of aldehydes is 1. The number of ether oxygens (including phenoxy) is 1. The maximum absolute atomic E-state index is 11.5. The fourth-order valence-corrected chi connectivity index (χ4v) is 1.33. The molecular formula is C11H8N2O5. The molecule has 1 aromatic carbocycles. The summed E-state index contributed by atoms with van der Waals surface area (Å²) in [6.07, 6.45) is 0.258. The van der Waals surface area contributed by atoms with Gasteiger partial charge in [-0.1, -0.05) is 0 Å². The predicted octanol–water partition coefficient (Wildman–Crippen LogP) is 1.46. The fourth-order valence-electron chi connectivity index (χ4n) is 1.33. The molecule has 0 aliphatic carbocycles. The Balaban J connectivity index is 3.47. The summed E-state index contributed by atoms with van der Waals surface area (Å²) >= 11 is 0. The van der Waals surface area contributed by atoms with Crippen LogP contribution in [-0.2, 0) is 4.74 Å². The minimum absolute atomic E-state index is 0.0763. The first-order valence-electron chi connectivity index (χ1n) is 4.90. The number of benzene rings is 1. The zero-order valence-corrected chi connectivity index (χ0v) is 9.37. The predicted molar refractivity (Wildman–Crippen MR) is 59.2 cm³/mol. The van der Waals surface area contributed by atoms with Crippen LogP contribution in [0.25, 0.3) is 0 Å². The lowest BCUT2D eigenvalue weighted by atomic mass is 10.0. The van der Waals surface area contributed by atoms with E-state index >= 15 is 0 Å². The van der Waals surface area contributed by atoms with Gasteiger partial charge in [-0.25, -0.2) is 4.79 Å². The summed E-state index contributed by atoms with van der Waals surface area (Å²) in [5.41, 5.74) is -1.16. The molecule has 0 saturated heterocycles. The van der Waals surface area contributed by atoms with Crippen LogP contribution in [0.15, 0.2) is 12.1 Å². The third kappa shape index (κ3) is 2.49. The van der Waals surface area contributed by atoms with Gasteiger partial charge in [-0.15, -0.1) is 0 Å². The van der Waals surface area contributed by atoms with Crippen LogP contribution in [0, 0.1) is 21.4 Å². The molecule has 92 valence electrons. The second-order valence-electron chi connectivity index (χ2n) is 3.16. The van der Waals surface area contributed by atoms with Gasteiger partial charge >= 0.3 is 5.97 Å². The van der Waals surface area contributed by atoms with E-state index in [9.17, 15) is 19.7 Å². The number of nitro groups is 1. The Hall–Kier alpha value is -2.75. The molecule has 0 unspecified atom stereocenters. The van der Waals surface area contributed by atoms with Gasteiger partial charge < -0.3 is 4.74 Å². The van der Waals surface area contributed by atoms with Crippen LogP contribution in [0.1, 0.15) is 33.2 Å². The molecule has 1 rings (SSSR count). The van der Waals surface area contributed by atoms with E-state index in [2.05, 4.69) is 4.74 Å². The smallest absolute Gasteiger partial charge is 0.339 e. The molecule has 0 fully saturated rings. The van der Waals surface area contributed by atoms with Crippen LogP contribution in [0.5, 0.6) is 0 Å². The number of hydrogen-bond donors (Lipinski definition) is 0. The number of hydrogen-bond acceptors (Lipinski definition) is 6. The summed E-state index contributed by atoms with van der Waals surface area (Å²) in [5, 5.41) is 19.6. The molecule has 0 aromatic heterocycles. The van der Waals surface area contributed by atoms with E-state index in [1.165, 1.54) is 0 Å². The summed E-state index contributed by atoms with van der Waals surface area (Å²) in [6.45, 7) is 1.64. The average Bonchev–Trinajstić information content (AvgIpc) is 2.37. The van der Waals surface area contributed by atoms with Gasteiger partial charge in [0.15, 0.2) is 6.29 Å². The van der Waals surface area contributed by atoms with Gasteiger partial charge in [0.05, 0.1) is 28.2 Å². The second-order valence-corrected chi connectivity index (χ2v) is 3.16. The Bertz CT molecular complexity index is 559. The van der Waals surface area contributed by atoms with Gasteiger partial charge in [0, 0.05) is 6.07 Å². The maximum Gasteiger partial charge on any atom is 0.339 e. The van der Waals surface area contributed by atoms with Crippen molar-refractivity contribution < 1.29 is 19.2 Å². The molecule has 0 radical (unpaired) electrons. The second kappa shape index (κ2) is 5.54. The number of carbonyl (C=O) groups is 2. The third-order valence-electron chi connectivity index (χ3n) is 2.11. The lowest BCUT2D eigenvalue weighted by Gasteiger charge is -2.04. The third-order valence-corrected chi connectivity index (χ3v) is 2.11. The fraction of sp³-hybridized carbons (Fsp3) is 0.182. The molecule has 0 N–H and O–H groups in total. The van der Waals surface area contributed by atoms with Gasteiger partial charge in [0.2, 0.25) is 0 Å². The first-order valence-corrected chi connectivity index (χ1v) is 4.90. The summed E-state index contributed by atoms with van der Waals surface area (Å²) in [5.74, 6) is -0.838. The highest BCUT2D eigenvalue weighted by Gasteiger charge is 2.22. The van der Waals surface area contributed by atoms with E-state index in [1.54, 1.807) is 13.0 Å². The largest absolute Gasteiger partial charge is 0.462 e. The van der Waals surface area contributed by atoms with Crippen LogP contribution in [0.3, 0.4) is 0 Å². The Kier molecular flexibility index (Phi) is 4.10. The Morgan fingerprint density at radius 2 is 2.28 bits per heavy atom. The molecule has 0 heterocycles. The molecular weight excluding hydrogens is 240 g/mol. The molecule has 7 heteroatoms. The summed E-state index contributed by atoms with van der Waals surface area (Å²) in [7, 11) is 0. The lowest BCUT2D eigenvalue weighted by Crippen LogP contribution is -2.09. The van der Waals surface area contributed by atoms with E-state index in [4.69, 9.17) is 5.26 Å². The number of rotatable bonds is 4. The molecule has 18 heavy (non-hydrogen) atoms. The highest BCUT2D eigenvalue weighted by molar-refractivity contribution is 5.95.